The molecule has 0 heterocycles. The van der Waals surface area contributed by atoms with Gasteiger partial charge in [-0.05, 0) is 18.2 Å². The highest BCUT2D eigenvalue weighted by molar-refractivity contribution is 6.09. The van der Waals surface area contributed by atoms with Crippen molar-refractivity contribution in [3.63, 3.8) is 0 Å². The number of benzene rings is 1. The van der Waals surface area contributed by atoms with Crippen molar-refractivity contribution in [3.8, 4) is 0 Å². The van der Waals surface area contributed by atoms with E-state index in [0.29, 0.717) is 0 Å². The van der Waals surface area contributed by atoms with Crippen LogP contribution in [0.1, 0.15) is 10.4 Å². The highest BCUT2D eigenvalue weighted by atomic mass is 16.4. The van der Waals surface area contributed by atoms with E-state index >= 15 is 0 Å². The Labute approximate surface area is 79.6 Å². The topological polar surface area (TPSA) is 74.3 Å². The predicted molar refractivity (Wildman–Crippen MR) is 43.6 cm³/mol. The molecule has 1 aromatic carbocycles. The number of carbonyl (C=O) groups excluding carboxylic acids is 3. The summed E-state index contributed by atoms with van der Waals surface area (Å²) in [5.74, 6) is -0.936. The normalized spacial score (nSPS) is 9.14. The maximum atomic E-state index is 11.3. The molecule has 1 aromatic rings. The van der Waals surface area contributed by atoms with Crippen molar-refractivity contribution in [2.75, 3.05) is 0 Å². The molecule has 0 aliphatic heterocycles. The fourth-order valence-corrected chi connectivity index (χ4v) is 0.842. The fraction of sp³-hybridized carbons (Fsp3) is 0. The Kier molecular flexibility index (Phi) is 2.96. The molecule has 5 nitrogen and oxygen atoms in total. The minimum absolute atomic E-state index is 0.0324. The van der Waals surface area contributed by atoms with E-state index in [9.17, 15) is 19.5 Å². The van der Waals surface area contributed by atoms with Crippen LogP contribution in [0.3, 0.4) is 0 Å². The van der Waals surface area contributed by atoms with Gasteiger partial charge in [0.05, 0.1) is 0 Å². The van der Waals surface area contributed by atoms with Crippen molar-refractivity contribution in [3.05, 3.63) is 35.9 Å². The number of hydrogen-bond acceptors (Lipinski definition) is 3. The number of amides is 3. The summed E-state index contributed by atoms with van der Waals surface area (Å²) in [4.78, 5) is 31.8. The van der Waals surface area contributed by atoms with E-state index in [0.717, 1.165) is 0 Å². The van der Waals surface area contributed by atoms with Crippen LogP contribution in [0, 0.1) is 6.07 Å². The van der Waals surface area contributed by atoms with E-state index in [-0.39, 0.29) is 16.9 Å². The lowest BCUT2D eigenvalue weighted by atomic mass is 10.2. The summed E-state index contributed by atoms with van der Waals surface area (Å²) in [6.07, 6.45) is -1.95. The van der Waals surface area contributed by atoms with Gasteiger partial charge in [-0.15, -0.1) is 0 Å². The second kappa shape index (κ2) is 4.18. The Balaban J connectivity index is 2.95. The van der Waals surface area contributed by atoms with E-state index in [1.165, 1.54) is 24.3 Å². The number of imide groups is 3. The standard InChI is InChI=1S/C9H5NO4/c11-6-10(9(13)14)8(12)7-4-2-1-3-5-7/h2-6H. The number of carbonyl (C=O) groups is 3. The molecule has 0 spiro atoms. The first-order chi connectivity index (χ1) is 6.66. The maximum Gasteiger partial charge on any atom is 0.466 e. The number of rotatable bonds is 2. The molecule has 14 heavy (non-hydrogen) atoms. The van der Waals surface area contributed by atoms with Gasteiger partial charge in [-0.25, -0.2) is 9.90 Å². The summed E-state index contributed by atoms with van der Waals surface area (Å²) in [5, 5.41) is 10.3. The molecule has 2 radical (unpaired) electrons. The molecule has 70 valence electrons. The van der Waals surface area contributed by atoms with E-state index in [1.54, 1.807) is 0 Å². The van der Waals surface area contributed by atoms with E-state index in [1.807, 2.05) is 0 Å². The molecule has 5 heteroatoms. The van der Waals surface area contributed by atoms with Crippen molar-refractivity contribution in [1.29, 1.82) is 0 Å². The Hall–Kier alpha value is -2.17. The highest BCUT2D eigenvalue weighted by Gasteiger charge is 2.22. The van der Waals surface area contributed by atoms with Gasteiger partial charge in [-0.3, -0.25) is 9.59 Å². The van der Waals surface area contributed by atoms with Crippen molar-refractivity contribution < 1.29 is 19.5 Å². The third-order valence-corrected chi connectivity index (χ3v) is 1.49. The second-order valence-corrected chi connectivity index (χ2v) is 2.34. The van der Waals surface area contributed by atoms with Crippen LogP contribution in [0.5, 0.6) is 0 Å². The molecule has 0 aliphatic carbocycles. The van der Waals surface area contributed by atoms with Crippen LogP contribution in [0.25, 0.3) is 0 Å². The second-order valence-electron chi connectivity index (χ2n) is 2.34. The summed E-state index contributed by atoms with van der Waals surface area (Å²) in [7, 11) is 0. The number of hydrogen-bond donors (Lipinski definition) is 0. The predicted octanol–water partition coefficient (Wildman–Crippen LogP) is 0.636. The average Bonchev–Trinajstić information content (AvgIpc) is 2.19. The Morgan fingerprint density at radius 2 is 1.86 bits per heavy atom. The SMILES string of the molecule is [O]C(=O)N(C=O)C(=O)c1cc[c]cc1. The zero-order chi connectivity index (χ0) is 10.6. The summed E-state index contributed by atoms with van der Waals surface area (Å²) >= 11 is 0. The van der Waals surface area contributed by atoms with Gasteiger partial charge in [-0.2, -0.15) is 4.90 Å². The summed E-state index contributed by atoms with van der Waals surface area (Å²) < 4.78 is 0. The van der Waals surface area contributed by atoms with Crippen molar-refractivity contribution in [1.82, 2.24) is 4.90 Å². The Bertz CT molecular complexity index is 360. The summed E-state index contributed by atoms with van der Waals surface area (Å²) in [5.41, 5.74) is 0.0834. The minimum atomic E-state index is -1.85. The largest absolute Gasteiger partial charge is 0.466 e. The quantitative estimate of drug-likeness (QED) is 0.643. The summed E-state index contributed by atoms with van der Waals surface area (Å²) in [6, 6.07) is 8.22. The Morgan fingerprint density at radius 3 is 2.29 bits per heavy atom. The van der Waals surface area contributed by atoms with Gasteiger partial charge < -0.3 is 0 Å². The van der Waals surface area contributed by atoms with Crippen molar-refractivity contribution in [2.45, 2.75) is 0 Å². The first-order valence-electron chi connectivity index (χ1n) is 3.62. The molecule has 0 N–H and O–H groups in total. The minimum Gasteiger partial charge on any atom is -0.278 e. The number of nitrogens with zero attached hydrogens (tertiary/aromatic N) is 1. The van der Waals surface area contributed by atoms with Gasteiger partial charge in [0.15, 0.2) is 0 Å². The van der Waals surface area contributed by atoms with Gasteiger partial charge in [0, 0.05) is 5.56 Å². The van der Waals surface area contributed by atoms with E-state index in [4.69, 9.17) is 0 Å². The molecule has 0 aliphatic rings. The van der Waals surface area contributed by atoms with Crippen LogP contribution in [-0.4, -0.2) is 23.3 Å². The van der Waals surface area contributed by atoms with Gasteiger partial charge >= 0.3 is 6.09 Å². The summed E-state index contributed by atoms with van der Waals surface area (Å²) in [6.45, 7) is 0. The average molecular weight is 191 g/mol. The molecule has 0 unspecified atom stereocenters. The first kappa shape index (κ1) is 9.91. The van der Waals surface area contributed by atoms with E-state index < -0.39 is 12.0 Å². The Morgan fingerprint density at radius 1 is 1.29 bits per heavy atom. The van der Waals surface area contributed by atoms with Gasteiger partial charge in [0.25, 0.3) is 5.91 Å². The van der Waals surface area contributed by atoms with Crippen LogP contribution in [0.4, 0.5) is 4.79 Å². The zero-order valence-corrected chi connectivity index (χ0v) is 6.97. The third-order valence-electron chi connectivity index (χ3n) is 1.49. The van der Waals surface area contributed by atoms with E-state index in [2.05, 4.69) is 6.07 Å². The maximum absolute atomic E-state index is 11.3. The van der Waals surface area contributed by atoms with Gasteiger partial charge in [-0.1, -0.05) is 12.1 Å². The lowest BCUT2D eigenvalue weighted by Crippen LogP contribution is -2.33. The molecule has 1 rings (SSSR count). The molecule has 3 amide bonds. The molecular formula is C9H5NO4. The molecule has 0 fully saturated rings. The van der Waals surface area contributed by atoms with Gasteiger partial charge in [0.1, 0.15) is 0 Å². The van der Waals surface area contributed by atoms with Crippen LogP contribution in [0.2, 0.25) is 0 Å². The molecule has 0 bridgehead atoms. The van der Waals surface area contributed by atoms with Crippen molar-refractivity contribution >= 4 is 18.4 Å². The monoisotopic (exact) mass is 191 g/mol. The van der Waals surface area contributed by atoms with Crippen LogP contribution in [0.15, 0.2) is 24.3 Å². The van der Waals surface area contributed by atoms with Gasteiger partial charge in [0.2, 0.25) is 6.41 Å². The molecule has 0 saturated heterocycles. The van der Waals surface area contributed by atoms with Crippen LogP contribution < -0.4 is 0 Å². The smallest absolute Gasteiger partial charge is 0.278 e. The third kappa shape index (κ3) is 1.95. The molecule has 0 atom stereocenters. The molecule has 0 saturated carbocycles. The molecular weight excluding hydrogens is 186 g/mol. The lowest BCUT2D eigenvalue weighted by Gasteiger charge is -2.06. The van der Waals surface area contributed by atoms with Crippen LogP contribution in [-0.2, 0) is 9.90 Å². The highest BCUT2D eigenvalue weighted by Crippen LogP contribution is 2.02. The first-order valence-corrected chi connectivity index (χ1v) is 3.62. The zero-order valence-electron chi connectivity index (χ0n) is 6.97. The van der Waals surface area contributed by atoms with Crippen LogP contribution >= 0.6 is 0 Å². The molecule has 0 aromatic heterocycles. The lowest BCUT2D eigenvalue weighted by molar-refractivity contribution is -0.114. The van der Waals surface area contributed by atoms with Crippen molar-refractivity contribution in [2.24, 2.45) is 0 Å². The fourth-order valence-electron chi connectivity index (χ4n) is 0.842.